The summed E-state index contributed by atoms with van der Waals surface area (Å²) in [5, 5.41) is -0.369. The van der Waals surface area contributed by atoms with E-state index in [-0.39, 0.29) is 17.6 Å². The van der Waals surface area contributed by atoms with Crippen LogP contribution in [0.15, 0.2) is 22.7 Å². The maximum absolute atomic E-state index is 11.6. The lowest BCUT2D eigenvalue weighted by Crippen LogP contribution is -2.22. The van der Waals surface area contributed by atoms with Gasteiger partial charge in [0.05, 0.1) is 15.5 Å². The van der Waals surface area contributed by atoms with Gasteiger partial charge < -0.3 is 10.5 Å². The average molecular weight is 350 g/mol. The van der Waals surface area contributed by atoms with E-state index in [1.54, 1.807) is 13.8 Å². The zero-order valence-electron chi connectivity index (χ0n) is 11.2. The van der Waals surface area contributed by atoms with Crippen molar-refractivity contribution in [3.8, 4) is 5.75 Å². The first kappa shape index (κ1) is 16.5. The lowest BCUT2D eigenvalue weighted by atomic mass is 10.1. The Bertz CT molecular complexity index is 515. The molecule has 1 aromatic carbocycles. The van der Waals surface area contributed by atoms with E-state index in [9.17, 15) is 8.42 Å². The maximum atomic E-state index is 11.6. The molecule has 19 heavy (non-hydrogen) atoms. The molecule has 0 aliphatic heterocycles. The summed E-state index contributed by atoms with van der Waals surface area (Å²) >= 11 is 3.41. The van der Waals surface area contributed by atoms with E-state index >= 15 is 0 Å². The van der Waals surface area contributed by atoms with Gasteiger partial charge in [-0.3, -0.25) is 0 Å². The largest absolute Gasteiger partial charge is 0.491 e. The molecule has 1 aromatic rings. The van der Waals surface area contributed by atoms with E-state index in [0.29, 0.717) is 12.3 Å². The second kappa shape index (κ2) is 7.26. The Morgan fingerprint density at radius 1 is 1.37 bits per heavy atom. The standard InChI is InChI=1S/C13H20BrNO3S/c1-10(2)19(16,17)8-7-18-13-4-3-11(5-6-15)9-12(13)14/h3-4,9-10H,5-8,15H2,1-2H3. The molecular formula is C13H20BrNO3S. The first-order valence-electron chi connectivity index (χ1n) is 6.19. The van der Waals surface area contributed by atoms with Gasteiger partial charge in [-0.15, -0.1) is 0 Å². The molecule has 0 saturated carbocycles. The molecule has 4 nitrogen and oxygen atoms in total. The Hall–Kier alpha value is -0.590. The fourth-order valence-electron chi connectivity index (χ4n) is 1.49. The minimum absolute atomic E-state index is 0.0294. The van der Waals surface area contributed by atoms with E-state index in [2.05, 4.69) is 15.9 Å². The van der Waals surface area contributed by atoms with Crippen LogP contribution < -0.4 is 10.5 Å². The van der Waals surface area contributed by atoms with Crippen molar-refractivity contribution in [3.63, 3.8) is 0 Å². The lowest BCUT2D eigenvalue weighted by Gasteiger charge is -2.11. The van der Waals surface area contributed by atoms with Gasteiger partial charge in [0.2, 0.25) is 0 Å². The Balaban J connectivity index is 2.59. The van der Waals surface area contributed by atoms with Crippen LogP contribution in [0.2, 0.25) is 0 Å². The van der Waals surface area contributed by atoms with E-state index < -0.39 is 9.84 Å². The highest BCUT2D eigenvalue weighted by Gasteiger charge is 2.16. The Kier molecular flexibility index (Phi) is 6.29. The molecule has 0 heterocycles. The van der Waals surface area contributed by atoms with Crippen LogP contribution in [0.5, 0.6) is 5.75 Å². The predicted octanol–water partition coefficient (Wildman–Crippen LogP) is 2.15. The number of hydrogen-bond donors (Lipinski definition) is 1. The molecule has 0 saturated heterocycles. The molecule has 0 aromatic heterocycles. The zero-order valence-corrected chi connectivity index (χ0v) is 13.6. The molecule has 1 rings (SSSR count). The monoisotopic (exact) mass is 349 g/mol. The fourth-order valence-corrected chi connectivity index (χ4v) is 2.81. The SMILES string of the molecule is CC(C)S(=O)(=O)CCOc1ccc(CCN)cc1Br. The normalized spacial score (nSPS) is 11.8. The number of ether oxygens (including phenoxy) is 1. The van der Waals surface area contributed by atoms with E-state index in [0.717, 1.165) is 16.5 Å². The number of halogens is 1. The van der Waals surface area contributed by atoms with Crippen molar-refractivity contribution in [2.24, 2.45) is 5.73 Å². The molecule has 6 heteroatoms. The van der Waals surface area contributed by atoms with E-state index in [4.69, 9.17) is 10.5 Å². The van der Waals surface area contributed by atoms with Gasteiger partial charge in [-0.2, -0.15) is 0 Å². The van der Waals surface area contributed by atoms with Crippen LogP contribution >= 0.6 is 15.9 Å². The van der Waals surface area contributed by atoms with Crippen molar-refractivity contribution in [3.05, 3.63) is 28.2 Å². The molecule has 0 unspecified atom stereocenters. The second-order valence-corrected chi connectivity index (χ2v) is 8.10. The van der Waals surface area contributed by atoms with E-state index in [1.165, 1.54) is 0 Å². The summed E-state index contributed by atoms with van der Waals surface area (Å²) < 4.78 is 29.6. The first-order chi connectivity index (χ1) is 8.86. The molecule has 0 fully saturated rings. The molecule has 0 radical (unpaired) electrons. The third-order valence-corrected chi connectivity index (χ3v) is 5.56. The summed E-state index contributed by atoms with van der Waals surface area (Å²) in [6, 6.07) is 5.71. The summed E-state index contributed by atoms with van der Waals surface area (Å²) in [5.74, 6) is 0.682. The molecule has 0 aliphatic rings. The van der Waals surface area contributed by atoms with Gasteiger partial charge in [-0.05, 0) is 60.4 Å². The van der Waals surface area contributed by atoms with Crippen LogP contribution in [0.3, 0.4) is 0 Å². The highest BCUT2D eigenvalue weighted by atomic mass is 79.9. The van der Waals surface area contributed by atoms with E-state index in [1.807, 2.05) is 18.2 Å². The molecule has 0 spiro atoms. The van der Waals surface area contributed by atoms with Crippen LogP contribution in [0.4, 0.5) is 0 Å². The molecule has 0 atom stereocenters. The third kappa shape index (κ3) is 5.12. The van der Waals surface area contributed by atoms with Crippen molar-refractivity contribution in [1.82, 2.24) is 0 Å². The van der Waals surface area contributed by atoms with Gasteiger partial charge in [0, 0.05) is 0 Å². The second-order valence-electron chi connectivity index (χ2n) is 4.57. The number of rotatable bonds is 7. The van der Waals surface area contributed by atoms with Gasteiger partial charge >= 0.3 is 0 Å². The van der Waals surface area contributed by atoms with Gasteiger partial charge in [-0.25, -0.2) is 8.42 Å². The van der Waals surface area contributed by atoms with Crippen LogP contribution in [-0.2, 0) is 16.3 Å². The fraction of sp³-hybridized carbons (Fsp3) is 0.538. The number of hydrogen-bond acceptors (Lipinski definition) is 4. The van der Waals surface area contributed by atoms with Crippen molar-refractivity contribution in [1.29, 1.82) is 0 Å². The quantitative estimate of drug-likeness (QED) is 0.818. The highest BCUT2D eigenvalue weighted by Crippen LogP contribution is 2.26. The molecular weight excluding hydrogens is 330 g/mol. The van der Waals surface area contributed by atoms with Gasteiger partial charge in [0.25, 0.3) is 0 Å². The topological polar surface area (TPSA) is 69.4 Å². The van der Waals surface area contributed by atoms with Crippen LogP contribution in [0.25, 0.3) is 0 Å². The lowest BCUT2D eigenvalue weighted by molar-refractivity contribution is 0.338. The van der Waals surface area contributed by atoms with Crippen molar-refractivity contribution in [2.75, 3.05) is 18.9 Å². The smallest absolute Gasteiger partial charge is 0.155 e. The predicted molar refractivity (Wildman–Crippen MR) is 81.3 cm³/mol. The molecule has 0 aliphatic carbocycles. The summed E-state index contributed by atoms with van der Waals surface area (Å²) in [6.07, 6.45) is 0.806. The van der Waals surface area contributed by atoms with Crippen molar-refractivity contribution >= 4 is 25.8 Å². The maximum Gasteiger partial charge on any atom is 0.155 e. The van der Waals surface area contributed by atoms with Crippen molar-refractivity contribution in [2.45, 2.75) is 25.5 Å². The first-order valence-corrected chi connectivity index (χ1v) is 8.70. The van der Waals surface area contributed by atoms with Crippen molar-refractivity contribution < 1.29 is 13.2 Å². The minimum atomic E-state index is -3.05. The van der Waals surface area contributed by atoms with Gasteiger partial charge in [0.1, 0.15) is 12.4 Å². The third-order valence-electron chi connectivity index (χ3n) is 2.77. The average Bonchev–Trinajstić information content (AvgIpc) is 2.32. The molecule has 2 N–H and O–H groups in total. The summed E-state index contributed by atoms with van der Waals surface area (Å²) in [4.78, 5) is 0. The number of sulfone groups is 1. The summed E-state index contributed by atoms with van der Waals surface area (Å²) in [6.45, 7) is 4.11. The Morgan fingerprint density at radius 2 is 2.05 bits per heavy atom. The minimum Gasteiger partial charge on any atom is -0.491 e. The summed E-state index contributed by atoms with van der Waals surface area (Å²) in [5.41, 5.74) is 6.61. The van der Waals surface area contributed by atoms with Crippen LogP contribution in [0.1, 0.15) is 19.4 Å². The number of nitrogens with two attached hydrogens (primary N) is 1. The number of benzene rings is 1. The van der Waals surface area contributed by atoms with Crippen LogP contribution in [0, 0.1) is 0 Å². The molecule has 0 amide bonds. The van der Waals surface area contributed by atoms with Crippen LogP contribution in [-0.4, -0.2) is 32.6 Å². The Morgan fingerprint density at radius 3 is 2.58 bits per heavy atom. The Labute approximate surface area is 123 Å². The molecule has 108 valence electrons. The molecule has 0 bridgehead atoms. The highest BCUT2D eigenvalue weighted by molar-refractivity contribution is 9.10. The zero-order chi connectivity index (χ0) is 14.5. The van der Waals surface area contributed by atoms with Gasteiger partial charge in [0.15, 0.2) is 9.84 Å². The summed E-state index contributed by atoms with van der Waals surface area (Å²) in [7, 11) is -3.05. The van der Waals surface area contributed by atoms with Gasteiger partial charge in [-0.1, -0.05) is 6.07 Å².